The Morgan fingerprint density at radius 1 is 1.05 bits per heavy atom. The van der Waals surface area contributed by atoms with Gasteiger partial charge in [0.05, 0.1) is 20.3 Å². The Morgan fingerprint density at radius 3 is 2.57 bits per heavy atom. The number of carbonyl (C=O) groups excluding carboxylic acids is 2. The van der Waals surface area contributed by atoms with E-state index >= 15 is 0 Å². The van der Waals surface area contributed by atoms with Crippen LogP contribution in [0.3, 0.4) is 0 Å². The Balaban J connectivity index is 1.55. The number of benzene rings is 2. The van der Waals surface area contributed by atoms with Crippen molar-refractivity contribution in [1.29, 1.82) is 0 Å². The topological polar surface area (TPSA) is 68.3 Å². The molecule has 2 heterocycles. The quantitative estimate of drug-likeness (QED) is 0.372. The summed E-state index contributed by atoms with van der Waals surface area (Å²) in [6.45, 7) is 5.43. The summed E-state index contributed by atoms with van der Waals surface area (Å²) in [5.41, 5.74) is 1.61. The van der Waals surface area contributed by atoms with Gasteiger partial charge in [-0.1, -0.05) is 32.0 Å². The number of amides is 2. The van der Waals surface area contributed by atoms with E-state index in [-0.39, 0.29) is 30.3 Å². The number of ether oxygens (including phenoxy) is 3. The highest BCUT2D eigenvalue weighted by molar-refractivity contribution is 7.10. The van der Waals surface area contributed by atoms with Gasteiger partial charge in [0, 0.05) is 23.5 Å². The first-order valence-electron chi connectivity index (χ1n) is 12.5. The average Bonchev–Trinajstić information content (AvgIpc) is 3.40. The van der Waals surface area contributed by atoms with Crippen LogP contribution in [-0.4, -0.2) is 62.1 Å². The van der Waals surface area contributed by atoms with E-state index in [4.69, 9.17) is 14.2 Å². The number of nitrogens with zero attached hydrogens (tertiary/aromatic N) is 2. The molecule has 2 aromatic carbocycles. The smallest absolute Gasteiger partial charge is 0.254 e. The normalized spacial score (nSPS) is 14.7. The molecule has 0 saturated carbocycles. The Labute approximate surface area is 222 Å². The number of hydrogen-bond acceptors (Lipinski definition) is 6. The van der Waals surface area contributed by atoms with Crippen LogP contribution in [0.25, 0.3) is 0 Å². The van der Waals surface area contributed by atoms with Crippen molar-refractivity contribution >= 4 is 23.2 Å². The lowest BCUT2D eigenvalue weighted by atomic mass is 10.00. The lowest BCUT2D eigenvalue weighted by Gasteiger charge is -2.37. The fourth-order valence-electron chi connectivity index (χ4n) is 4.63. The van der Waals surface area contributed by atoms with Crippen molar-refractivity contribution in [3.63, 3.8) is 0 Å². The number of rotatable bonds is 10. The number of para-hydroxylation sites is 2. The summed E-state index contributed by atoms with van der Waals surface area (Å²) >= 11 is 1.71. The van der Waals surface area contributed by atoms with E-state index in [1.54, 1.807) is 54.7 Å². The number of fused-ring (bicyclic) bond motifs is 1. The summed E-state index contributed by atoms with van der Waals surface area (Å²) in [4.78, 5) is 32.0. The molecule has 8 heteroatoms. The maximum Gasteiger partial charge on any atom is 0.254 e. The second-order valence-corrected chi connectivity index (χ2v) is 10.4. The van der Waals surface area contributed by atoms with Gasteiger partial charge in [-0.25, -0.2) is 0 Å². The minimum Gasteiger partial charge on any atom is -0.497 e. The molecule has 0 fully saturated rings. The largest absolute Gasteiger partial charge is 0.497 e. The standard InChI is InChI=1S/C29H34N2O5S/c1-20(2)17-30(29(33)21-8-7-9-22(16-21)34-3)18-28(32)31-14-12-27-23(13-15-37-27)24(31)19-36-26-11-6-5-10-25(26)35-4/h5-11,13,15-16,20,24H,12,14,17-19H2,1-4H3/t24-/m0/s1. The molecule has 1 aliphatic heterocycles. The van der Waals surface area contributed by atoms with E-state index in [9.17, 15) is 9.59 Å². The molecule has 0 unspecified atom stereocenters. The van der Waals surface area contributed by atoms with Gasteiger partial charge in [-0.2, -0.15) is 0 Å². The Kier molecular flexibility index (Phi) is 8.71. The van der Waals surface area contributed by atoms with Gasteiger partial charge < -0.3 is 24.0 Å². The van der Waals surface area contributed by atoms with Gasteiger partial charge in [0.15, 0.2) is 11.5 Å². The monoisotopic (exact) mass is 522 g/mol. The van der Waals surface area contributed by atoms with Gasteiger partial charge in [0.1, 0.15) is 18.9 Å². The van der Waals surface area contributed by atoms with Crippen LogP contribution >= 0.6 is 11.3 Å². The molecule has 0 N–H and O–H groups in total. The highest BCUT2D eigenvalue weighted by Gasteiger charge is 2.34. The van der Waals surface area contributed by atoms with E-state index in [0.717, 1.165) is 12.0 Å². The molecular weight excluding hydrogens is 488 g/mol. The second kappa shape index (κ2) is 12.1. The number of hydrogen-bond donors (Lipinski definition) is 0. The molecule has 0 radical (unpaired) electrons. The molecule has 7 nitrogen and oxygen atoms in total. The molecule has 196 valence electrons. The van der Waals surface area contributed by atoms with Gasteiger partial charge in [0.2, 0.25) is 5.91 Å². The maximum atomic E-state index is 13.8. The van der Waals surface area contributed by atoms with Gasteiger partial charge >= 0.3 is 0 Å². The Morgan fingerprint density at radius 2 is 1.84 bits per heavy atom. The summed E-state index contributed by atoms with van der Waals surface area (Å²) in [5.74, 6) is 1.81. The van der Waals surface area contributed by atoms with Gasteiger partial charge in [-0.15, -0.1) is 11.3 Å². The molecule has 4 rings (SSSR count). The molecule has 3 aromatic rings. The minimum absolute atomic E-state index is 0.00114. The van der Waals surface area contributed by atoms with Crippen molar-refractivity contribution in [2.45, 2.75) is 26.3 Å². The molecule has 2 amide bonds. The molecule has 0 bridgehead atoms. The van der Waals surface area contributed by atoms with E-state index < -0.39 is 0 Å². The molecular formula is C29H34N2O5S. The van der Waals surface area contributed by atoms with Crippen LogP contribution in [0.5, 0.6) is 17.2 Å². The highest BCUT2D eigenvalue weighted by atomic mass is 32.1. The van der Waals surface area contributed by atoms with Crippen molar-refractivity contribution in [3.05, 3.63) is 76.0 Å². The maximum absolute atomic E-state index is 13.8. The molecule has 37 heavy (non-hydrogen) atoms. The van der Waals surface area contributed by atoms with Crippen LogP contribution in [0, 0.1) is 5.92 Å². The van der Waals surface area contributed by atoms with Gasteiger partial charge in [0.25, 0.3) is 5.91 Å². The molecule has 0 spiro atoms. The Hall–Kier alpha value is -3.52. The van der Waals surface area contributed by atoms with Crippen molar-refractivity contribution < 1.29 is 23.8 Å². The fraction of sp³-hybridized carbons (Fsp3) is 0.379. The zero-order chi connectivity index (χ0) is 26.4. The molecule has 1 aromatic heterocycles. The van der Waals surface area contributed by atoms with E-state index in [2.05, 4.69) is 11.4 Å². The zero-order valence-corrected chi connectivity index (χ0v) is 22.6. The third kappa shape index (κ3) is 6.25. The summed E-state index contributed by atoms with van der Waals surface area (Å²) in [6.07, 6.45) is 0.790. The lowest BCUT2D eigenvalue weighted by Crippen LogP contribution is -2.48. The van der Waals surface area contributed by atoms with Crippen LogP contribution in [-0.2, 0) is 11.2 Å². The van der Waals surface area contributed by atoms with Crippen LogP contribution in [0.15, 0.2) is 60.0 Å². The SMILES string of the molecule is COc1cccc(C(=O)N(CC(=O)N2CCc3sccc3[C@@H]2COc2ccccc2OC)CC(C)C)c1. The van der Waals surface area contributed by atoms with Gasteiger partial charge in [-0.3, -0.25) is 9.59 Å². The average molecular weight is 523 g/mol. The predicted octanol–water partition coefficient (Wildman–Crippen LogP) is 5.07. The molecule has 1 atom stereocenters. The molecule has 0 aliphatic carbocycles. The minimum atomic E-state index is -0.250. The number of methoxy groups -OCH3 is 2. The van der Waals surface area contributed by atoms with Crippen LogP contribution in [0.2, 0.25) is 0 Å². The summed E-state index contributed by atoms with van der Waals surface area (Å²) < 4.78 is 16.9. The van der Waals surface area contributed by atoms with Gasteiger partial charge in [-0.05, 0) is 59.7 Å². The fourth-order valence-corrected chi connectivity index (χ4v) is 5.56. The van der Waals surface area contributed by atoms with Crippen molar-refractivity contribution in [3.8, 4) is 17.2 Å². The highest BCUT2D eigenvalue weighted by Crippen LogP contribution is 2.35. The summed E-state index contributed by atoms with van der Waals surface area (Å²) in [5, 5.41) is 2.06. The first kappa shape index (κ1) is 26.5. The van der Waals surface area contributed by atoms with E-state index in [1.807, 2.05) is 43.0 Å². The molecule has 1 aliphatic rings. The summed E-state index contributed by atoms with van der Waals surface area (Å²) in [7, 11) is 3.18. The van der Waals surface area contributed by atoms with E-state index in [1.165, 1.54) is 4.88 Å². The number of carbonyl (C=O) groups is 2. The first-order chi connectivity index (χ1) is 17.9. The lowest BCUT2D eigenvalue weighted by molar-refractivity contribution is -0.135. The number of thiophene rings is 1. The zero-order valence-electron chi connectivity index (χ0n) is 21.8. The van der Waals surface area contributed by atoms with E-state index in [0.29, 0.717) is 42.5 Å². The third-order valence-corrected chi connectivity index (χ3v) is 7.39. The molecule has 0 saturated heterocycles. The predicted molar refractivity (Wildman–Crippen MR) is 145 cm³/mol. The van der Waals surface area contributed by atoms with Crippen LogP contribution in [0.1, 0.15) is 40.7 Å². The second-order valence-electron chi connectivity index (χ2n) is 9.43. The first-order valence-corrected chi connectivity index (χ1v) is 13.3. The van der Waals surface area contributed by atoms with Crippen molar-refractivity contribution in [1.82, 2.24) is 9.80 Å². The van der Waals surface area contributed by atoms with Crippen molar-refractivity contribution in [2.75, 3.05) is 40.5 Å². The third-order valence-electron chi connectivity index (χ3n) is 6.40. The van der Waals surface area contributed by atoms with Crippen LogP contribution in [0.4, 0.5) is 0 Å². The van der Waals surface area contributed by atoms with Crippen LogP contribution < -0.4 is 14.2 Å². The Bertz CT molecular complexity index is 1220. The summed E-state index contributed by atoms with van der Waals surface area (Å²) in [6, 6.07) is 16.4. The van der Waals surface area contributed by atoms with Crippen molar-refractivity contribution in [2.24, 2.45) is 5.92 Å².